The maximum absolute atomic E-state index is 12.0. The third-order valence-corrected chi connectivity index (χ3v) is 5.79. The number of aromatic nitrogens is 3. The van der Waals surface area contributed by atoms with E-state index in [1.807, 2.05) is 47.8 Å². The van der Waals surface area contributed by atoms with Crippen LogP contribution in [0.2, 0.25) is 5.02 Å². The van der Waals surface area contributed by atoms with Gasteiger partial charge in [0.1, 0.15) is 13.7 Å². The number of hydrogen-bond acceptors (Lipinski definition) is 5. The first-order valence-corrected chi connectivity index (χ1v) is 10.8. The lowest BCUT2D eigenvalue weighted by molar-refractivity contribution is 0.0957. The Hall–Kier alpha value is -2.84. The molecule has 0 bridgehead atoms. The molecule has 1 aromatic carbocycles. The van der Waals surface area contributed by atoms with E-state index in [0.29, 0.717) is 22.7 Å². The van der Waals surface area contributed by atoms with Gasteiger partial charge in [-0.15, -0.1) is 11.3 Å². The predicted octanol–water partition coefficient (Wildman–Crippen LogP) is 3.53. The molecule has 30 heavy (non-hydrogen) atoms. The van der Waals surface area contributed by atoms with E-state index in [1.165, 1.54) is 11.3 Å². The molecule has 3 aromatic heterocycles. The average Bonchev–Trinajstić information content (AvgIpc) is 3.41. The summed E-state index contributed by atoms with van der Waals surface area (Å²) in [4.78, 5) is 17.3. The fourth-order valence-corrected chi connectivity index (χ4v) is 3.95. The van der Waals surface area contributed by atoms with Crippen molar-refractivity contribution < 1.29 is 4.79 Å². The quantitative estimate of drug-likeness (QED) is 0.328. The van der Waals surface area contributed by atoms with Crippen LogP contribution in [-0.4, -0.2) is 41.4 Å². The topological polar surface area (TPSA) is 71.3 Å². The number of thiophene rings is 1. The molecular formula is C21H19BClN5OS. The lowest BCUT2D eigenvalue weighted by Gasteiger charge is -2.12. The van der Waals surface area contributed by atoms with Crippen LogP contribution in [-0.2, 0) is 0 Å². The van der Waals surface area contributed by atoms with Crippen LogP contribution in [0.4, 0.5) is 5.82 Å². The number of nitrogens with zero attached hydrogens (tertiary/aromatic N) is 3. The van der Waals surface area contributed by atoms with Crippen molar-refractivity contribution in [1.82, 2.24) is 19.9 Å². The van der Waals surface area contributed by atoms with Gasteiger partial charge in [-0.05, 0) is 35.8 Å². The number of anilines is 1. The zero-order chi connectivity index (χ0) is 20.9. The number of benzene rings is 1. The third-order valence-electron chi connectivity index (χ3n) is 4.59. The van der Waals surface area contributed by atoms with E-state index in [-0.39, 0.29) is 5.91 Å². The zero-order valence-electron chi connectivity index (χ0n) is 16.1. The van der Waals surface area contributed by atoms with Crippen LogP contribution in [0.3, 0.4) is 0 Å². The van der Waals surface area contributed by atoms with Gasteiger partial charge >= 0.3 is 0 Å². The number of hydrogen-bond donors (Lipinski definition) is 2. The first-order chi connectivity index (χ1) is 14.6. The van der Waals surface area contributed by atoms with Crippen molar-refractivity contribution in [3.63, 3.8) is 0 Å². The molecule has 3 heterocycles. The molecule has 2 radical (unpaired) electrons. The highest BCUT2D eigenvalue weighted by Gasteiger charge is 2.12. The highest BCUT2D eigenvalue weighted by atomic mass is 35.5. The number of carbonyl (C=O) groups excluding carboxylic acids is 1. The largest absolute Gasteiger partial charge is 0.370 e. The molecule has 0 aliphatic heterocycles. The number of unbranched alkanes of at least 4 members (excludes halogenated alkanes) is 1. The van der Waals surface area contributed by atoms with Crippen LogP contribution < -0.4 is 16.1 Å². The van der Waals surface area contributed by atoms with E-state index in [2.05, 4.69) is 20.7 Å². The van der Waals surface area contributed by atoms with Gasteiger partial charge in [0, 0.05) is 35.9 Å². The van der Waals surface area contributed by atoms with Gasteiger partial charge < -0.3 is 10.6 Å². The monoisotopic (exact) mass is 435 g/mol. The standard InChI is InChI=1S/C21H19BClN5OS/c22-15-13-26-28-19(12-17(27-20(15)28)14-6-1-2-7-16(14)23)24-9-3-4-10-25-21(29)18-8-5-11-30-18/h1-2,5-8,11-13,24H,3-4,9-10H2,(H,25,29). The van der Waals surface area contributed by atoms with Crippen LogP contribution >= 0.6 is 22.9 Å². The number of fused-ring (bicyclic) bond motifs is 1. The fourth-order valence-electron chi connectivity index (χ4n) is 3.08. The molecule has 0 unspecified atom stereocenters. The van der Waals surface area contributed by atoms with Gasteiger partial charge in [-0.3, -0.25) is 4.79 Å². The lowest BCUT2D eigenvalue weighted by atomic mass is 10.0. The Morgan fingerprint density at radius 3 is 2.80 bits per heavy atom. The molecular weight excluding hydrogens is 417 g/mol. The highest BCUT2D eigenvalue weighted by Crippen LogP contribution is 2.28. The normalized spacial score (nSPS) is 11.0. The molecule has 2 N–H and O–H groups in total. The number of nitrogens with one attached hydrogen (secondary N) is 2. The summed E-state index contributed by atoms with van der Waals surface area (Å²) in [6, 6.07) is 13.2. The van der Waals surface area contributed by atoms with E-state index >= 15 is 0 Å². The molecule has 0 aliphatic carbocycles. The highest BCUT2D eigenvalue weighted by molar-refractivity contribution is 7.12. The summed E-state index contributed by atoms with van der Waals surface area (Å²) in [5.74, 6) is 0.763. The van der Waals surface area contributed by atoms with Gasteiger partial charge in [0.2, 0.25) is 0 Å². The van der Waals surface area contributed by atoms with Gasteiger partial charge in [0.25, 0.3) is 5.91 Å². The van der Waals surface area contributed by atoms with Crippen molar-refractivity contribution in [3.05, 3.63) is 63.9 Å². The van der Waals surface area contributed by atoms with Crippen LogP contribution in [0.25, 0.3) is 16.9 Å². The van der Waals surface area contributed by atoms with Crippen molar-refractivity contribution in [2.75, 3.05) is 18.4 Å². The second-order valence-electron chi connectivity index (χ2n) is 6.71. The molecule has 9 heteroatoms. The minimum atomic E-state index is -0.0230. The molecule has 0 saturated carbocycles. The number of halogens is 1. The summed E-state index contributed by atoms with van der Waals surface area (Å²) < 4.78 is 1.69. The second-order valence-corrected chi connectivity index (χ2v) is 8.06. The number of carbonyl (C=O) groups is 1. The van der Waals surface area contributed by atoms with E-state index in [4.69, 9.17) is 19.4 Å². The van der Waals surface area contributed by atoms with Gasteiger partial charge in [0.05, 0.1) is 10.6 Å². The molecule has 0 aliphatic rings. The lowest BCUT2D eigenvalue weighted by Crippen LogP contribution is -2.24. The minimum absolute atomic E-state index is 0.0230. The van der Waals surface area contributed by atoms with Gasteiger partial charge in [-0.1, -0.05) is 35.9 Å². The first kappa shape index (κ1) is 20.4. The maximum Gasteiger partial charge on any atom is 0.261 e. The molecule has 0 fully saturated rings. The van der Waals surface area contributed by atoms with Crippen molar-refractivity contribution in [2.24, 2.45) is 0 Å². The third kappa shape index (κ3) is 4.50. The average molecular weight is 436 g/mol. The minimum Gasteiger partial charge on any atom is -0.370 e. The Morgan fingerprint density at radius 2 is 2.00 bits per heavy atom. The summed E-state index contributed by atoms with van der Waals surface area (Å²) in [7, 11) is 6.05. The summed E-state index contributed by atoms with van der Waals surface area (Å²) in [5.41, 5.74) is 2.65. The van der Waals surface area contributed by atoms with Crippen molar-refractivity contribution in [1.29, 1.82) is 0 Å². The smallest absolute Gasteiger partial charge is 0.261 e. The Bertz CT molecular complexity index is 1160. The Balaban J connectivity index is 1.40. The van der Waals surface area contributed by atoms with Crippen molar-refractivity contribution in [3.8, 4) is 11.3 Å². The van der Waals surface area contributed by atoms with Gasteiger partial charge in [-0.25, -0.2) is 4.98 Å². The summed E-state index contributed by atoms with van der Waals surface area (Å²) in [6.45, 7) is 1.35. The van der Waals surface area contributed by atoms with E-state index < -0.39 is 0 Å². The van der Waals surface area contributed by atoms with Crippen LogP contribution in [0.5, 0.6) is 0 Å². The predicted molar refractivity (Wildman–Crippen MR) is 123 cm³/mol. The van der Waals surface area contributed by atoms with Gasteiger partial charge in [0.15, 0.2) is 5.65 Å². The Morgan fingerprint density at radius 1 is 1.17 bits per heavy atom. The molecule has 6 nitrogen and oxygen atoms in total. The molecule has 4 rings (SSSR count). The zero-order valence-corrected chi connectivity index (χ0v) is 17.7. The first-order valence-electron chi connectivity index (χ1n) is 9.58. The molecule has 0 spiro atoms. The summed E-state index contributed by atoms with van der Waals surface area (Å²) in [5, 5.41) is 13.2. The van der Waals surface area contributed by atoms with E-state index in [0.717, 1.165) is 41.3 Å². The molecule has 1 amide bonds. The van der Waals surface area contributed by atoms with Gasteiger partial charge in [-0.2, -0.15) is 9.61 Å². The fraction of sp³-hybridized carbons (Fsp3) is 0.190. The second kappa shape index (κ2) is 9.32. The maximum atomic E-state index is 12.0. The Kier molecular flexibility index (Phi) is 6.35. The van der Waals surface area contributed by atoms with Crippen molar-refractivity contribution in [2.45, 2.75) is 12.8 Å². The number of amides is 1. The van der Waals surface area contributed by atoms with Crippen LogP contribution in [0.15, 0.2) is 54.0 Å². The molecule has 4 aromatic rings. The van der Waals surface area contributed by atoms with Crippen LogP contribution in [0.1, 0.15) is 22.5 Å². The summed E-state index contributed by atoms with van der Waals surface area (Å²) >= 11 is 7.79. The van der Waals surface area contributed by atoms with E-state index in [9.17, 15) is 4.79 Å². The molecule has 150 valence electrons. The van der Waals surface area contributed by atoms with Crippen molar-refractivity contribution >= 4 is 53.6 Å². The Labute approximate surface area is 184 Å². The SMILES string of the molecule is [B]c1cnn2c(NCCCCNC(=O)c3cccs3)cc(-c3ccccc3Cl)nc12. The number of rotatable bonds is 8. The van der Waals surface area contributed by atoms with Crippen LogP contribution in [0, 0.1) is 0 Å². The summed E-state index contributed by atoms with van der Waals surface area (Å²) in [6.07, 6.45) is 3.33. The van der Waals surface area contributed by atoms with E-state index in [1.54, 1.807) is 10.7 Å². The molecule has 0 saturated heterocycles. The molecule has 0 atom stereocenters.